The van der Waals surface area contributed by atoms with Crippen LogP contribution in [0.25, 0.3) is 0 Å². The van der Waals surface area contributed by atoms with Gasteiger partial charge in [-0.25, -0.2) is 4.79 Å². The van der Waals surface area contributed by atoms with Gasteiger partial charge in [0, 0.05) is 12.7 Å². The highest BCUT2D eigenvalue weighted by atomic mass is 16.2. The van der Waals surface area contributed by atoms with Crippen LogP contribution in [0.5, 0.6) is 0 Å². The van der Waals surface area contributed by atoms with Gasteiger partial charge in [-0.05, 0) is 13.8 Å². The van der Waals surface area contributed by atoms with Crippen molar-refractivity contribution in [1.82, 2.24) is 9.55 Å². The molecule has 1 heterocycles. The van der Waals surface area contributed by atoms with Crippen molar-refractivity contribution in [1.29, 1.82) is 0 Å². The average molecular weight is 182 g/mol. The highest BCUT2D eigenvalue weighted by Crippen LogP contribution is 1.88. The van der Waals surface area contributed by atoms with Gasteiger partial charge in [-0.15, -0.1) is 0 Å². The molecule has 0 saturated carbocycles. The van der Waals surface area contributed by atoms with E-state index in [2.05, 4.69) is 4.98 Å². The van der Waals surface area contributed by atoms with Gasteiger partial charge < -0.3 is 4.57 Å². The summed E-state index contributed by atoms with van der Waals surface area (Å²) >= 11 is 0. The van der Waals surface area contributed by atoms with Crippen LogP contribution < -0.4 is 11.2 Å². The monoisotopic (exact) mass is 182 g/mol. The Labute approximate surface area is 74.0 Å². The Hall–Kier alpha value is -1.65. The molecule has 0 unspecified atom stereocenters. The zero-order chi connectivity index (χ0) is 10.0. The maximum atomic E-state index is 11.1. The summed E-state index contributed by atoms with van der Waals surface area (Å²) in [7, 11) is 0. The van der Waals surface area contributed by atoms with Crippen molar-refractivity contribution in [3.05, 3.63) is 32.6 Å². The van der Waals surface area contributed by atoms with Crippen LogP contribution in [0.15, 0.2) is 15.8 Å². The normalized spacial score (nSPS) is 10.0. The Balaban J connectivity index is 3.48. The molecule has 0 amide bonds. The number of aromatic nitrogens is 2. The van der Waals surface area contributed by atoms with E-state index in [1.807, 2.05) is 0 Å². The van der Waals surface area contributed by atoms with Gasteiger partial charge in [-0.1, -0.05) is 0 Å². The lowest BCUT2D eigenvalue weighted by Crippen LogP contribution is -2.32. The summed E-state index contributed by atoms with van der Waals surface area (Å²) in [5.41, 5.74) is -1.10. The first-order valence-electron chi connectivity index (χ1n) is 3.91. The molecule has 0 aliphatic carbocycles. The molecule has 0 atom stereocenters. The minimum absolute atomic E-state index is 0.0152. The second-order valence-corrected chi connectivity index (χ2v) is 2.64. The Bertz CT molecular complexity index is 441. The molecule has 0 fully saturated rings. The number of hydrogen-bond acceptors (Lipinski definition) is 3. The molecular weight excluding hydrogens is 172 g/mol. The maximum Gasteiger partial charge on any atom is 0.328 e. The van der Waals surface area contributed by atoms with Crippen molar-refractivity contribution in [2.24, 2.45) is 0 Å². The van der Waals surface area contributed by atoms with E-state index in [-0.39, 0.29) is 11.3 Å². The van der Waals surface area contributed by atoms with Gasteiger partial charge in [0.2, 0.25) is 0 Å². The number of aromatic amines is 1. The third-order valence-electron chi connectivity index (χ3n) is 1.73. The SMILES string of the molecule is CCn1cc(C(C)=O)c(=O)[nH]c1=O. The van der Waals surface area contributed by atoms with E-state index >= 15 is 0 Å². The van der Waals surface area contributed by atoms with Crippen molar-refractivity contribution >= 4 is 5.78 Å². The van der Waals surface area contributed by atoms with E-state index < -0.39 is 11.2 Å². The van der Waals surface area contributed by atoms with Gasteiger partial charge in [0.15, 0.2) is 5.78 Å². The lowest BCUT2D eigenvalue weighted by Gasteiger charge is -2.01. The van der Waals surface area contributed by atoms with Crippen molar-refractivity contribution in [3.8, 4) is 0 Å². The molecular formula is C8H10N2O3. The third kappa shape index (κ3) is 1.74. The van der Waals surface area contributed by atoms with Crippen LogP contribution in [0.3, 0.4) is 0 Å². The fourth-order valence-corrected chi connectivity index (χ4v) is 0.995. The van der Waals surface area contributed by atoms with Gasteiger partial charge in [0.25, 0.3) is 5.56 Å². The first kappa shape index (κ1) is 9.44. The molecule has 0 aromatic carbocycles. The first-order valence-corrected chi connectivity index (χ1v) is 3.91. The molecule has 0 spiro atoms. The Morgan fingerprint density at radius 2 is 2.15 bits per heavy atom. The number of carbonyl (C=O) groups excluding carboxylic acids is 1. The number of H-pyrrole nitrogens is 1. The van der Waals surface area contributed by atoms with Crippen LogP contribution in [0.1, 0.15) is 24.2 Å². The standard InChI is InChI=1S/C8H10N2O3/c1-3-10-4-6(5(2)11)7(12)9-8(10)13/h4H,3H2,1-2H3,(H,9,12,13). The molecule has 1 aromatic rings. The summed E-state index contributed by atoms with van der Waals surface area (Å²) < 4.78 is 1.28. The predicted octanol–water partition coefficient (Wildman–Crippen LogP) is -0.241. The van der Waals surface area contributed by atoms with E-state index in [0.717, 1.165) is 0 Å². The predicted molar refractivity (Wildman–Crippen MR) is 47.0 cm³/mol. The fourth-order valence-electron chi connectivity index (χ4n) is 0.995. The third-order valence-corrected chi connectivity index (χ3v) is 1.73. The summed E-state index contributed by atoms with van der Waals surface area (Å²) in [4.78, 5) is 35.1. The Morgan fingerprint density at radius 1 is 1.54 bits per heavy atom. The molecule has 1 aromatic heterocycles. The number of aryl methyl sites for hydroxylation is 1. The zero-order valence-corrected chi connectivity index (χ0v) is 7.46. The van der Waals surface area contributed by atoms with Gasteiger partial charge in [-0.2, -0.15) is 0 Å². The highest BCUT2D eigenvalue weighted by molar-refractivity contribution is 5.93. The molecule has 0 bridgehead atoms. The molecule has 13 heavy (non-hydrogen) atoms. The molecule has 5 heteroatoms. The molecule has 1 N–H and O–H groups in total. The van der Waals surface area contributed by atoms with E-state index in [1.165, 1.54) is 17.7 Å². The topological polar surface area (TPSA) is 71.9 Å². The van der Waals surface area contributed by atoms with E-state index in [4.69, 9.17) is 0 Å². The highest BCUT2D eigenvalue weighted by Gasteiger charge is 2.07. The molecule has 0 aliphatic rings. The van der Waals surface area contributed by atoms with E-state index in [1.54, 1.807) is 6.92 Å². The second kappa shape index (κ2) is 3.38. The Kier molecular flexibility index (Phi) is 2.46. The van der Waals surface area contributed by atoms with Gasteiger partial charge in [-0.3, -0.25) is 14.6 Å². The van der Waals surface area contributed by atoms with Crippen LogP contribution in [-0.4, -0.2) is 15.3 Å². The van der Waals surface area contributed by atoms with Crippen LogP contribution in [0.4, 0.5) is 0 Å². The number of Topliss-reactive ketones (excluding diaryl/α,β-unsaturated/α-hetero) is 1. The van der Waals surface area contributed by atoms with Crippen LogP contribution in [0.2, 0.25) is 0 Å². The smallest absolute Gasteiger partial charge is 0.300 e. The second-order valence-electron chi connectivity index (χ2n) is 2.64. The largest absolute Gasteiger partial charge is 0.328 e. The number of nitrogens with one attached hydrogen (secondary N) is 1. The molecule has 5 nitrogen and oxygen atoms in total. The van der Waals surface area contributed by atoms with Gasteiger partial charge in [0.1, 0.15) is 0 Å². The Morgan fingerprint density at radius 3 is 2.62 bits per heavy atom. The van der Waals surface area contributed by atoms with Gasteiger partial charge >= 0.3 is 5.69 Å². The maximum absolute atomic E-state index is 11.1. The van der Waals surface area contributed by atoms with Crippen molar-refractivity contribution in [2.75, 3.05) is 0 Å². The number of hydrogen-bond donors (Lipinski definition) is 1. The van der Waals surface area contributed by atoms with Crippen LogP contribution in [-0.2, 0) is 6.54 Å². The first-order chi connectivity index (χ1) is 6.06. The van der Waals surface area contributed by atoms with Crippen molar-refractivity contribution < 1.29 is 4.79 Å². The fraction of sp³-hybridized carbons (Fsp3) is 0.375. The summed E-state index contributed by atoms with van der Waals surface area (Å²) in [6.45, 7) is 3.47. The number of rotatable bonds is 2. The summed E-state index contributed by atoms with van der Waals surface area (Å²) in [6, 6.07) is 0. The van der Waals surface area contributed by atoms with Crippen LogP contribution in [0, 0.1) is 0 Å². The minimum Gasteiger partial charge on any atom is -0.300 e. The van der Waals surface area contributed by atoms with Crippen molar-refractivity contribution in [2.45, 2.75) is 20.4 Å². The average Bonchev–Trinajstić information content (AvgIpc) is 2.03. The number of carbonyl (C=O) groups is 1. The van der Waals surface area contributed by atoms with Crippen LogP contribution >= 0.6 is 0 Å². The molecule has 0 saturated heterocycles. The summed E-state index contributed by atoms with van der Waals surface area (Å²) in [5.74, 6) is -0.344. The van der Waals surface area contributed by atoms with Crippen molar-refractivity contribution in [3.63, 3.8) is 0 Å². The van der Waals surface area contributed by atoms with E-state index in [0.29, 0.717) is 6.54 Å². The lowest BCUT2D eigenvalue weighted by molar-refractivity contribution is 0.101. The molecule has 0 aliphatic heterocycles. The molecule has 0 radical (unpaired) electrons. The molecule has 70 valence electrons. The number of ketones is 1. The summed E-state index contributed by atoms with van der Waals surface area (Å²) in [5, 5.41) is 0. The quantitative estimate of drug-likeness (QED) is 0.641. The van der Waals surface area contributed by atoms with E-state index in [9.17, 15) is 14.4 Å². The zero-order valence-electron chi connectivity index (χ0n) is 7.46. The molecule has 1 rings (SSSR count). The minimum atomic E-state index is -0.623. The summed E-state index contributed by atoms with van der Waals surface area (Å²) in [6.07, 6.45) is 1.28. The lowest BCUT2D eigenvalue weighted by atomic mass is 10.2. The number of nitrogens with zero attached hydrogens (tertiary/aromatic N) is 1. The van der Waals surface area contributed by atoms with Gasteiger partial charge in [0.05, 0.1) is 5.56 Å².